The van der Waals surface area contributed by atoms with Gasteiger partial charge in [0.2, 0.25) is 10.0 Å². The van der Waals surface area contributed by atoms with E-state index in [2.05, 4.69) is 10.0 Å². The van der Waals surface area contributed by atoms with E-state index in [9.17, 15) is 30.8 Å². The number of hydrogen-bond donors (Lipinski definition) is 2. The summed E-state index contributed by atoms with van der Waals surface area (Å²) in [6.45, 7) is 1.58. The molecule has 1 aliphatic heterocycles. The molecule has 1 saturated heterocycles. The summed E-state index contributed by atoms with van der Waals surface area (Å²) in [5, 5.41) is 2.61. The van der Waals surface area contributed by atoms with Crippen LogP contribution in [0.15, 0.2) is 30.3 Å². The maximum atomic E-state index is 15.8. The van der Waals surface area contributed by atoms with Crippen LogP contribution in [0.5, 0.6) is 0 Å². The summed E-state index contributed by atoms with van der Waals surface area (Å²) in [4.78, 5) is 14.7. The molecule has 2 aromatic rings. The number of likely N-dealkylation sites (tertiary alicyclic amines) is 1. The third-order valence-electron chi connectivity index (χ3n) is 8.26. The van der Waals surface area contributed by atoms with Gasteiger partial charge in [0.25, 0.3) is 0 Å². The van der Waals surface area contributed by atoms with E-state index in [-0.39, 0.29) is 48.5 Å². The zero-order valence-corrected chi connectivity index (χ0v) is 22.2. The Balaban J connectivity index is 1.48. The molecule has 5 rings (SSSR count). The third kappa shape index (κ3) is 5.91. The van der Waals surface area contributed by atoms with Crippen LogP contribution in [0.25, 0.3) is 11.1 Å². The number of carbonyl (C=O) groups excluding carboxylic acids is 1. The zero-order chi connectivity index (χ0) is 28.2. The lowest BCUT2D eigenvalue weighted by molar-refractivity contribution is 0.179. The average Bonchev–Trinajstić information content (AvgIpc) is 3.78. The molecule has 212 valence electrons. The van der Waals surface area contributed by atoms with Crippen LogP contribution in [-0.2, 0) is 16.4 Å². The summed E-state index contributed by atoms with van der Waals surface area (Å²) >= 11 is 0. The molecule has 6 nitrogen and oxygen atoms in total. The molecule has 3 fully saturated rings. The molecule has 2 amide bonds. The van der Waals surface area contributed by atoms with Crippen molar-refractivity contribution in [1.82, 2.24) is 14.9 Å². The van der Waals surface area contributed by atoms with E-state index in [1.807, 2.05) is 0 Å². The van der Waals surface area contributed by atoms with Gasteiger partial charge in [-0.3, -0.25) is 0 Å². The predicted molar refractivity (Wildman–Crippen MR) is 135 cm³/mol. The van der Waals surface area contributed by atoms with Crippen molar-refractivity contribution in [2.75, 3.05) is 25.4 Å². The Hall–Kier alpha value is -2.73. The van der Waals surface area contributed by atoms with Gasteiger partial charge in [0.1, 0.15) is 28.9 Å². The quantitative estimate of drug-likeness (QED) is 0.429. The molecule has 2 atom stereocenters. The number of alkyl halides is 1. The van der Waals surface area contributed by atoms with E-state index in [0.29, 0.717) is 18.9 Å². The molecule has 2 saturated carbocycles. The Kier molecular flexibility index (Phi) is 7.15. The van der Waals surface area contributed by atoms with Crippen LogP contribution in [-0.4, -0.2) is 56.4 Å². The van der Waals surface area contributed by atoms with Gasteiger partial charge < -0.3 is 10.2 Å². The SMILES string of the molecule is CCS(=O)(=O)NC[C@@H]1[C@H](Cc2cc(F)cc(-c3cc(F)cc(F)c3)c2F)N(C(=O)NCC2(F)CC2)CC12CC2. The lowest BCUT2D eigenvalue weighted by Gasteiger charge is -2.30. The van der Waals surface area contributed by atoms with Gasteiger partial charge >= 0.3 is 6.03 Å². The van der Waals surface area contributed by atoms with Gasteiger partial charge in [0.05, 0.1) is 12.3 Å². The minimum absolute atomic E-state index is 0.00340. The topological polar surface area (TPSA) is 78.5 Å². The van der Waals surface area contributed by atoms with E-state index >= 15 is 4.39 Å². The van der Waals surface area contributed by atoms with Gasteiger partial charge in [-0.25, -0.2) is 39.9 Å². The summed E-state index contributed by atoms with van der Waals surface area (Å²) in [6, 6.07) is 2.93. The van der Waals surface area contributed by atoms with Crippen molar-refractivity contribution in [2.45, 2.75) is 50.7 Å². The number of sulfonamides is 1. The highest BCUT2D eigenvalue weighted by atomic mass is 32.2. The molecule has 0 bridgehead atoms. The van der Waals surface area contributed by atoms with Crippen LogP contribution in [0.2, 0.25) is 0 Å². The predicted octanol–water partition coefficient (Wildman–Crippen LogP) is 4.68. The van der Waals surface area contributed by atoms with Crippen LogP contribution in [0.4, 0.5) is 26.7 Å². The largest absolute Gasteiger partial charge is 0.335 e. The van der Waals surface area contributed by atoms with Gasteiger partial charge in [0.15, 0.2) is 0 Å². The molecule has 3 aliphatic rings. The second-order valence-electron chi connectivity index (χ2n) is 11.0. The number of amides is 2. The van der Waals surface area contributed by atoms with Gasteiger partial charge in [0, 0.05) is 36.7 Å². The number of halogens is 5. The van der Waals surface area contributed by atoms with Crippen LogP contribution < -0.4 is 10.0 Å². The molecule has 0 unspecified atom stereocenters. The fourth-order valence-corrected chi connectivity index (χ4v) is 6.26. The summed E-state index contributed by atoms with van der Waals surface area (Å²) in [5.41, 5.74) is -2.49. The molecule has 2 N–H and O–H groups in total. The zero-order valence-electron chi connectivity index (χ0n) is 21.4. The molecular weight excluding hydrogens is 541 g/mol. The lowest BCUT2D eigenvalue weighted by Crippen LogP contribution is -2.48. The Labute approximate surface area is 224 Å². The lowest BCUT2D eigenvalue weighted by atomic mass is 9.84. The first kappa shape index (κ1) is 27.8. The molecule has 2 aromatic carbocycles. The number of nitrogens with zero attached hydrogens (tertiary/aromatic N) is 1. The molecule has 2 aliphatic carbocycles. The normalized spacial score (nSPS) is 22.8. The van der Waals surface area contributed by atoms with Crippen LogP contribution in [0.3, 0.4) is 0 Å². The average molecular weight is 572 g/mol. The molecular formula is C27H30F5N3O3S. The first-order valence-corrected chi connectivity index (χ1v) is 14.6. The summed E-state index contributed by atoms with van der Waals surface area (Å²) in [7, 11) is -3.57. The summed E-state index contributed by atoms with van der Waals surface area (Å²) in [5.74, 6) is -4.19. The highest BCUT2D eigenvalue weighted by Crippen LogP contribution is 2.59. The van der Waals surface area contributed by atoms with Gasteiger partial charge in [-0.1, -0.05) is 0 Å². The second-order valence-corrected chi connectivity index (χ2v) is 13.1. The van der Waals surface area contributed by atoms with Gasteiger partial charge in [-0.05, 0) is 79.8 Å². The first-order valence-electron chi connectivity index (χ1n) is 13.0. The van der Waals surface area contributed by atoms with E-state index < -0.39 is 62.4 Å². The third-order valence-corrected chi connectivity index (χ3v) is 9.62. The molecule has 39 heavy (non-hydrogen) atoms. The molecule has 12 heteroatoms. The minimum atomic E-state index is -3.57. The Bertz CT molecular complexity index is 1380. The highest BCUT2D eigenvalue weighted by molar-refractivity contribution is 7.89. The molecule has 1 heterocycles. The number of rotatable bonds is 9. The summed E-state index contributed by atoms with van der Waals surface area (Å²) in [6.07, 6.45) is 1.96. The smallest absolute Gasteiger partial charge is 0.317 e. The van der Waals surface area contributed by atoms with Crippen molar-refractivity contribution in [3.63, 3.8) is 0 Å². The number of carbonyl (C=O) groups is 1. The van der Waals surface area contributed by atoms with Crippen molar-refractivity contribution >= 4 is 16.1 Å². The van der Waals surface area contributed by atoms with Crippen molar-refractivity contribution < 1.29 is 35.2 Å². The van der Waals surface area contributed by atoms with E-state index in [0.717, 1.165) is 37.1 Å². The summed E-state index contributed by atoms with van der Waals surface area (Å²) < 4.78 is 99.4. The number of urea groups is 1. The van der Waals surface area contributed by atoms with Gasteiger partial charge in [-0.2, -0.15) is 0 Å². The van der Waals surface area contributed by atoms with Crippen molar-refractivity contribution in [2.24, 2.45) is 11.3 Å². The molecule has 0 radical (unpaired) electrons. The monoisotopic (exact) mass is 571 g/mol. The van der Waals surface area contributed by atoms with Crippen molar-refractivity contribution in [1.29, 1.82) is 0 Å². The number of hydrogen-bond acceptors (Lipinski definition) is 3. The second kappa shape index (κ2) is 10.0. The van der Waals surface area contributed by atoms with E-state index in [1.54, 1.807) is 0 Å². The number of nitrogens with one attached hydrogen (secondary N) is 2. The van der Waals surface area contributed by atoms with Gasteiger partial charge in [-0.15, -0.1) is 0 Å². The Morgan fingerprint density at radius 2 is 1.64 bits per heavy atom. The fourth-order valence-electron chi connectivity index (χ4n) is 5.62. The van der Waals surface area contributed by atoms with Crippen LogP contribution >= 0.6 is 0 Å². The first-order chi connectivity index (χ1) is 18.3. The minimum Gasteiger partial charge on any atom is -0.335 e. The van der Waals surface area contributed by atoms with Crippen molar-refractivity contribution in [3.8, 4) is 11.1 Å². The van der Waals surface area contributed by atoms with Crippen molar-refractivity contribution in [3.05, 3.63) is 59.2 Å². The fraction of sp³-hybridized carbons (Fsp3) is 0.519. The van der Waals surface area contributed by atoms with Crippen LogP contribution in [0, 0.1) is 34.6 Å². The number of benzene rings is 2. The molecule has 1 spiro atoms. The van der Waals surface area contributed by atoms with Crippen LogP contribution in [0.1, 0.15) is 38.2 Å². The maximum Gasteiger partial charge on any atom is 0.317 e. The maximum absolute atomic E-state index is 15.8. The standard InChI is InChI=1S/C27H30F5N3O3S/c1-2-39(37,38)34-13-22-23(35(15-26(22)3-4-26)25(36)33-14-27(32)5-6-27)10-17-9-20(30)12-21(24(17)31)16-7-18(28)11-19(29)8-16/h7-9,11-12,22-23,34H,2-6,10,13-15H2,1H3,(H,33,36)/t22-,23+/m1/s1. The Morgan fingerprint density at radius 1 is 1.00 bits per heavy atom. The van der Waals surface area contributed by atoms with E-state index in [1.165, 1.54) is 11.8 Å². The molecule has 0 aromatic heterocycles. The highest BCUT2D eigenvalue weighted by Gasteiger charge is 2.60. The Morgan fingerprint density at radius 3 is 2.23 bits per heavy atom. The van der Waals surface area contributed by atoms with E-state index in [4.69, 9.17) is 0 Å².